The topological polar surface area (TPSA) is 78.4 Å². The lowest BCUT2D eigenvalue weighted by Crippen LogP contribution is -2.31. The van der Waals surface area contributed by atoms with Gasteiger partial charge in [0.2, 0.25) is 0 Å². The number of carbonyl (C=O) groups excluding carboxylic acids is 1. The Morgan fingerprint density at radius 3 is 2.72 bits per heavy atom. The molecule has 0 saturated heterocycles. The van der Waals surface area contributed by atoms with Crippen LogP contribution in [-0.4, -0.2) is 23.7 Å². The summed E-state index contributed by atoms with van der Waals surface area (Å²) in [7, 11) is 0. The lowest BCUT2D eigenvalue weighted by Gasteiger charge is -2.11. The minimum absolute atomic E-state index is 0.0611. The molecule has 1 aliphatic rings. The molecule has 1 saturated carbocycles. The second-order valence-electron chi connectivity index (χ2n) is 4.25. The van der Waals surface area contributed by atoms with Gasteiger partial charge in [-0.25, -0.2) is 9.59 Å². The predicted molar refractivity (Wildman–Crippen MR) is 70.8 cm³/mol. The summed E-state index contributed by atoms with van der Waals surface area (Å²) in [5.41, 5.74) is 0.337. The van der Waals surface area contributed by atoms with Gasteiger partial charge in [0.25, 0.3) is 0 Å². The van der Waals surface area contributed by atoms with Crippen LogP contribution in [0.25, 0.3) is 0 Å². The summed E-state index contributed by atoms with van der Waals surface area (Å²) in [4.78, 5) is 22.7. The van der Waals surface area contributed by atoms with Gasteiger partial charge in [0.15, 0.2) is 0 Å². The van der Waals surface area contributed by atoms with Crippen LogP contribution in [0.15, 0.2) is 22.7 Å². The van der Waals surface area contributed by atoms with E-state index in [1.165, 1.54) is 6.07 Å². The van der Waals surface area contributed by atoms with Gasteiger partial charge in [-0.1, -0.05) is 6.07 Å². The van der Waals surface area contributed by atoms with E-state index < -0.39 is 5.97 Å². The fourth-order valence-electron chi connectivity index (χ4n) is 1.55. The number of anilines is 1. The van der Waals surface area contributed by atoms with Crippen LogP contribution in [0.3, 0.4) is 0 Å². The minimum atomic E-state index is -1.08. The fraction of sp³-hybridized carbons (Fsp3) is 0.333. The molecule has 6 heteroatoms. The minimum Gasteiger partial charge on any atom is -0.478 e. The standard InChI is InChI=1S/C12H13BrN2O3/c13-9-3-1-2-8(11(16)17)10(9)15-12(18)14-6-7-4-5-7/h1-3,7H,4-6H2,(H,16,17)(H2,14,15,18). The quantitative estimate of drug-likeness (QED) is 0.799. The maximum Gasteiger partial charge on any atom is 0.337 e. The van der Waals surface area contributed by atoms with Crippen LogP contribution in [0.5, 0.6) is 0 Å². The Bertz CT molecular complexity index is 486. The van der Waals surface area contributed by atoms with E-state index in [4.69, 9.17) is 5.11 Å². The monoisotopic (exact) mass is 312 g/mol. The smallest absolute Gasteiger partial charge is 0.337 e. The van der Waals surface area contributed by atoms with Gasteiger partial charge < -0.3 is 15.7 Å². The summed E-state index contributed by atoms with van der Waals surface area (Å²) < 4.78 is 0.545. The van der Waals surface area contributed by atoms with Crippen molar-refractivity contribution in [1.29, 1.82) is 0 Å². The van der Waals surface area contributed by atoms with Crippen LogP contribution < -0.4 is 10.6 Å². The fourth-order valence-corrected chi connectivity index (χ4v) is 2.01. The molecule has 1 aromatic carbocycles. The lowest BCUT2D eigenvalue weighted by atomic mass is 10.2. The number of amides is 2. The van der Waals surface area contributed by atoms with Crippen molar-refractivity contribution in [2.24, 2.45) is 5.92 Å². The van der Waals surface area contributed by atoms with E-state index in [-0.39, 0.29) is 17.3 Å². The van der Waals surface area contributed by atoms with Crippen LogP contribution in [0, 0.1) is 5.92 Å². The number of hydrogen-bond donors (Lipinski definition) is 3. The Labute approximate surface area is 113 Å². The number of carboxylic acid groups (broad SMARTS) is 1. The first-order valence-electron chi connectivity index (χ1n) is 5.64. The maximum atomic E-state index is 11.6. The Morgan fingerprint density at radius 2 is 2.11 bits per heavy atom. The number of hydrogen-bond acceptors (Lipinski definition) is 2. The van der Waals surface area contributed by atoms with Crippen LogP contribution in [-0.2, 0) is 0 Å². The summed E-state index contributed by atoms with van der Waals surface area (Å²) in [5.74, 6) is -0.497. The summed E-state index contributed by atoms with van der Waals surface area (Å²) in [6.45, 7) is 0.638. The molecule has 0 radical (unpaired) electrons. The van der Waals surface area contributed by atoms with Crippen LogP contribution >= 0.6 is 15.9 Å². The van der Waals surface area contributed by atoms with Crippen molar-refractivity contribution in [3.05, 3.63) is 28.2 Å². The van der Waals surface area contributed by atoms with Gasteiger partial charge in [-0.3, -0.25) is 0 Å². The molecule has 1 aromatic rings. The van der Waals surface area contributed by atoms with Crippen molar-refractivity contribution in [2.45, 2.75) is 12.8 Å². The van der Waals surface area contributed by atoms with Crippen molar-refractivity contribution in [1.82, 2.24) is 5.32 Å². The highest BCUT2D eigenvalue weighted by atomic mass is 79.9. The molecule has 5 nitrogen and oxygen atoms in total. The van der Waals surface area contributed by atoms with Gasteiger partial charge in [-0.05, 0) is 46.8 Å². The molecule has 0 heterocycles. The SMILES string of the molecule is O=C(NCC1CC1)Nc1c(Br)cccc1C(=O)O. The summed E-state index contributed by atoms with van der Waals surface area (Å²) in [6.07, 6.45) is 2.30. The second kappa shape index (κ2) is 5.39. The second-order valence-corrected chi connectivity index (χ2v) is 5.10. The highest BCUT2D eigenvalue weighted by Crippen LogP contribution is 2.28. The zero-order valence-electron chi connectivity index (χ0n) is 9.57. The third kappa shape index (κ3) is 3.22. The summed E-state index contributed by atoms with van der Waals surface area (Å²) in [5, 5.41) is 14.3. The van der Waals surface area contributed by atoms with Gasteiger partial charge in [-0.2, -0.15) is 0 Å². The summed E-state index contributed by atoms with van der Waals surface area (Å²) >= 11 is 3.23. The first kappa shape index (κ1) is 12.9. The third-order valence-corrected chi connectivity index (χ3v) is 3.39. The largest absolute Gasteiger partial charge is 0.478 e. The van der Waals surface area contributed by atoms with E-state index in [1.54, 1.807) is 12.1 Å². The van der Waals surface area contributed by atoms with Crippen molar-refractivity contribution in [2.75, 3.05) is 11.9 Å². The number of aromatic carboxylic acids is 1. The number of urea groups is 1. The molecule has 0 aromatic heterocycles. The molecule has 0 aliphatic heterocycles. The van der Waals surface area contributed by atoms with E-state index >= 15 is 0 Å². The number of carboxylic acids is 1. The van der Waals surface area contributed by atoms with Crippen LogP contribution in [0.4, 0.5) is 10.5 Å². The lowest BCUT2D eigenvalue weighted by molar-refractivity contribution is 0.0698. The molecule has 2 amide bonds. The van der Waals surface area contributed by atoms with Gasteiger partial charge in [0.1, 0.15) is 0 Å². The molecule has 96 valence electrons. The van der Waals surface area contributed by atoms with Gasteiger partial charge in [0, 0.05) is 11.0 Å². The molecule has 3 N–H and O–H groups in total. The number of para-hydroxylation sites is 1. The molecule has 0 spiro atoms. The van der Waals surface area contributed by atoms with Crippen molar-refractivity contribution < 1.29 is 14.7 Å². The van der Waals surface area contributed by atoms with Crippen LogP contribution in [0.2, 0.25) is 0 Å². The average Bonchev–Trinajstić information content (AvgIpc) is 3.12. The maximum absolute atomic E-state index is 11.6. The Morgan fingerprint density at radius 1 is 1.39 bits per heavy atom. The molecule has 1 aliphatic carbocycles. The molecule has 1 fully saturated rings. The molecular weight excluding hydrogens is 300 g/mol. The van der Waals surface area contributed by atoms with Gasteiger partial charge in [0.05, 0.1) is 11.3 Å². The van der Waals surface area contributed by atoms with Crippen molar-refractivity contribution in [3.63, 3.8) is 0 Å². The molecule has 0 atom stereocenters. The molecule has 0 bridgehead atoms. The van der Waals surface area contributed by atoms with Gasteiger partial charge in [-0.15, -0.1) is 0 Å². The zero-order valence-corrected chi connectivity index (χ0v) is 11.2. The molecule has 2 rings (SSSR count). The normalized spacial score (nSPS) is 14.1. The van der Waals surface area contributed by atoms with Crippen molar-refractivity contribution in [3.8, 4) is 0 Å². The third-order valence-electron chi connectivity index (χ3n) is 2.73. The first-order valence-corrected chi connectivity index (χ1v) is 6.44. The first-order chi connectivity index (χ1) is 8.58. The Hall–Kier alpha value is -1.56. The zero-order chi connectivity index (χ0) is 13.1. The molecule has 0 unspecified atom stereocenters. The summed E-state index contributed by atoms with van der Waals surface area (Å²) in [6, 6.07) is 4.36. The number of benzene rings is 1. The van der Waals surface area contributed by atoms with Crippen LogP contribution in [0.1, 0.15) is 23.2 Å². The average molecular weight is 313 g/mol. The highest BCUT2D eigenvalue weighted by Gasteiger charge is 2.22. The predicted octanol–water partition coefficient (Wildman–Crippen LogP) is 2.68. The van der Waals surface area contributed by atoms with E-state index in [1.807, 2.05) is 0 Å². The highest BCUT2D eigenvalue weighted by molar-refractivity contribution is 9.10. The number of carbonyl (C=O) groups is 2. The number of halogens is 1. The van der Waals surface area contributed by atoms with Crippen molar-refractivity contribution >= 4 is 33.6 Å². The van der Waals surface area contributed by atoms with E-state index in [9.17, 15) is 9.59 Å². The Balaban J connectivity index is 2.06. The van der Waals surface area contributed by atoms with E-state index in [0.717, 1.165) is 12.8 Å². The van der Waals surface area contributed by atoms with Gasteiger partial charge >= 0.3 is 12.0 Å². The Kier molecular flexibility index (Phi) is 3.86. The number of rotatable bonds is 4. The number of nitrogens with one attached hydrogen (secondary N) is 2. The molecule has 18 heavy (non-hydrogen) atoms. The molecular formula is C12H13BrN2O3. The van der Waals surface area contributed by atoms with E-state index in [2.05, 4.69) is 26.6 Å². The van der Waals surface area contributed by atoms with E-state index in [0.29, 0.717) is 16.9 Å².